The first-order valence-electron chi connectivity index (χ1n) is 9.68. The van der Waals surface area contributed by atoms with Crippen LogP contribution in [0.4, 0.5) is 5.69 Å². The number of anilines is 1. The van der Waals surface area contributed by atoms with Gasteiger partial charge >= 0.3 is 0 Å². The summed E-state index contributed by atoms with van der Waals surface area (Å²) >= 11 is 0. The second-order valence-corrected chi connectivity index (χ2v) is 6.82. The Morgan fingerprint density at radius 1 is 1.00 bits per heavy atom. The maximum absolute atomic E-state index is 4.50. The third kappa shape index (κ3) is 4.17. The van der Waals surface area contributed by atoms with Crippen molar-refractivity contribution in [2.45, 2.75) is 6.54 Å². The van der Waals surface area contributed by atoms with Gasteiger partial charge in [0.05, 0.1) is 18.4 Å². The van der Waals surface area contributed by atoms with Crippen LogP contribution in [-0.2, 0) is 6.54 Å². The molecule has 3 aromatic rings. The van der Waals surface area contributed by atoms with Crippen LogP contribution in [0.15, 0.2) is 71.9 Å². The van der Waals surface area contributed by atoms with Gasteiger partial charge in [-0.2, -0.15) is 0 Å². The fourth-order valence-corrected chi connectivity index (χ4v) is 3.53. The molecule has 0 bridgehead atoms. The summed E-state index contributed by atoms with van der Waals surface area (Å²) in [6.07, 6.45) is 1.88. The number of para-hydroxylation sites is 1. The van der Waals surface area contributed by atoms with Crippen molar-refractivity contribution in [3.63, 3.8) is 0 Å². The number of H-pyrrole nitrogens is 1. The van der Waals surface area contributed by atoms with Crippen LogP contribution in [0.1, 0.15) is 5.82 Å². The first-order valence-corrected chi connectivity index (χ1v) is 9.68. The van der Waals surface area contributed by atoms with Gasteiger partial charge in [0.15, 0.2) is 5.96 Å². The molecule has 2 heterocycles. The predicted molar refractivity (Wildman–Crippen MR) is 114 cm³/mol. The van der Waals surface area contributed by atoms with Gasteiger partial charge in [-0.25, -0.2) is 4.98 Å². The molecule has 2 aromatic carbocycles. The molecule has 1 aliphatic rings. The van der Waals surface area contributed by atoms with Crippen LogP contribution in [0.2, 0.25) is 0 Å². The van der Waals surface area contributed by atoms with Crippen molar-refractivity contribution in [2.75, 3.05) is 38.1 Å². The molecule has 2 N–H and O–H groups in total. The minimum absolute atomic E-state index is 0.623. The van der Waals surface area contributed by atoms with E-state index in [1.165, 1.54) is 5.69 Å². The van der Waals surface area contributed by atoms with Gasteiger partial charge in [-0.05, 0) is 17.7 Å². The lowest BCUT2D eigenvalue weighted by Gasteiger charge is -2.37. The highest BCUT2D eigenvalue weighted by molar-refractivity contribution is 5.80. The monoisotopic (exact) mass is 374 g/mol. The molecule has 144 valence electrons. The number of rotatable bonds is 4. The third-order valence-corrected chi connectivity index (χ3v) is 5.04. The van der Waals surface area contributed by atoms with Crippen molar-refractivity contribution in [1.29, 1.82) is 0 Å². The van der Waals surface area contributed by atoms with Crippen molar-refractivity contribution in [1.82, 2.24) is 20.2 Å². The highest BCUT2D eigenvalue weighted by Crippen LogP contribution is 2.17. The van der Waals surface area contributed by atoms with E-state index in [-0.39, 0.29) is 0 Å². The lowest BCUT2D eigenvalue weighted by Crippen LogP contribution is -2.52. The number of aromatic amines is 1. The van der Waals surface area contributed by atoms with Crippen molar-refractivity contribution in [2.24, 2.45) is 4.99 Å². The van der Waals surface area contributed by atoms with Gasteiger partial charge in [0.25, 0.3) is 0 Å². The lowest BCUT2D eigenvalue weighted by molar-refractivity contribution is 0.372. The minimum Gasteiger partial charge on any atom is -0.368 e. The highest BCUT2D eigenvalue weighted by Gasteiger charge is 2.19. The number of piperazine rings is 1. The van der Waals surface area contributed by atoms with E-state index >= 15 is 0 Å². The molecular weight excluding hydrogens is 348 g/mol. The van der Waals surface area contributed by atoms with E-state index in [9.17, 15) is 0 Å². The Hall–Kier alpha value is -3.28. The number of aromatic nitrogens is 2. The van der Waals surface area contributed by atoms with Gasteiger partial charge in [0.1, 0.15) is 5.82 Å². The molecule has 0 aliphatic carbocycles. The number of nitrogens with zero attached hydrogens (tertiary/aromatic N) is 4. The maximum atomic E-state index is 4.50. The molecule has 6 heteroatoms. The summed E-state index contributed by atoms with van der Waals surface area (Å²) in [6, 6.07) is 20.8. The number of hydrogen-bond donors (Lipinski definition) is 2. The molecular formula is C22H26N6. The first kappa shape index (κ1) is 18.1. The zero-order valence-electron chi connectivity index (χ0n) is 16.2. The predicted octanol–water partition coefficient (Wildman–Crippen LogP) is 2.97. The summed E-state index contributed by atoms with van der Waals surface area (Å²) in [7, 11) is 1.84. The molecule has 0 amide bonds. The van der Waals surface area contributed by atoms with Crippen LogP contribution in [-0.4, -0.2) is 54.1 Å². The maximum Gasteiger partial charge on any atom is 0.194 e. The van der Waals surface area contributed by atoms with E-state index in [2.05, 4.69) is 72.5 Å². The molecule has 4 rings (SSSR count). The number of guanidine groups is 1. The van der Waals surface area contributed by atoms with Gasteiger partial charge in [0, 0.05) is 38.9 Å². The Balaban J connectivity index is 1.32. The van der Waals surface area contributed by atoms with E-state index in [0.717, 1.165) is 49.2 Å². The van der Waals surface area contributed by atoms with Gasteiger partial charge < -0.3 is 20.1 Å². The zero-order chi connectivity index (χ0) is 19.2. The quantitative estimate of drug-likeness (QED) is 0.544. The minimum atomic E-state index is 0.623. The van der Waals surface area contributed by atoms with Gasteiger partial charge in [-0.1, -0.05) is 48.5 Å². The Bertz CT molecular complexity index is 895. The molecule has 0 unspecified atom stereocenters. The van der Waals surface area contributed by atoms with E-state index in [1.54, 1.807) is 0 Å². The molecule has 0 atom stereocenters. The smallest absolute Gasteiger partial charge is 0.194 e. The topological polar surface area (TPSA) is 59.6 Å². The summed E-state index contributed by atoms with van der Waals surface area (Å²) in [5.41, 5.74) is 3.46. The average molecular weight is 374 g/mol. The van der Waals surface area contributed by atoms with Crippen LogP contribution >= 0.6 is 0 Å². The van der Waals surface area contributed by atoms with Crippen molar-refractivity contribution >= 4 is 11.6 Å². The van der Waals surface area contributed by atoms with Crippen LogP contribution in [0.5, 0.6) is 0 Å². The van der Waals surface area contributed by atoms with Crippen LogP contribution in [0.3, 0.4) is 0 Å². The number of aliphatic imine (C=N–C) groups is 1. The van der Waals surface area contributed by atoms with Crippen LogP contribution in [0.25, 0.3) is 11.3 Å². The molecule has 0 radical (unpaired) electrons. The molecule has 1 fully saturated rings. The summed E-state index contributed by atoms with van der Waals surface area (Å²) in [5.74, 6) is 1.83. The Labute approximate surface area is 165 Å². The zero-order valence-corrected chi connectivity index (χ0v) is 16.2. The van der Waals surface area contributed by atoms with E-state index in [4.69, 9.17) is 0 Å². The SMILES string of the molecule is CN=C(NCc1ncc(-c2ccccc2)[nH]1)N1CCN(c2ccccc2)CC1. The summed E-state index contributed by atoms with van der Waals surface area (Å²) in [5, 5.41) is 3.44. The highest BCUT2D eigenvalue weighted by atomic mass is 15.3. The van der Waals surface area contributed by atoms with Gasteiger partial charge in [-0.3, -0.25) is 4.99 Å². The molecule has 0 spiro atoms. The second-order valence-electron chi connectivity index (χ2n) is 6.82. The lowest BCUT2D eigenvalue weighted by atomic mass is 10.2. The Kier molecular flexibility index (Phi) is 5.56. The standard InChI is InChI=1S/C22H26N6/c1-23-22(28-14-12-27(13-15-28)19-10-6-3-7-11-19)25-17-21-24-16-20(26-21)18-8-4-2-5-9-18/h2-11,16H,12-15,17H2,1H3,(H,23,25)(H,24,26). The van der Waals surface area contributed by atoms with Crippen LogP contribution in [0, 0.1) is 0 Å². The molecule has 0 saturated carbocycles. The van der Waals surface area contributed by atoms with E-state index in [1.807, 2.05) is 31.4 Å². The molecule has 6 nitrogen and oxygen atoms in total. The first-order chi connectivity index (χ1) is 13.8. The molecule has 28 heavy (non-hydrogen) atoms. The summed E-state index contributed by atoms with van der Waals surface area (Å²) in [6.45, 7) is 4.50. The van der Waals surface area contributed by atoms with Crippen molar-refractivity contribution in [3.8, 4) is 11.3 Å². The largest absolute Gasteiger partial charge is 0.368 e. The van der Waals surface area contributed by atoms with Crippen molar-refractivity contribution < 1.29 is 0 Å². The molecule has 1 saturated heterocycles. The molecule has 1 aromatic heterocycles. The normalized spacial score (nSPS) is 15.0. The van der Waals surface area contributed by atoms with Gasteiger partial charge in [0.2, 0.25) is 0 Å². The fraction of sp³-hybridized carbons (Fsp3) is 0.273. The number of benzene rings is 2. The summed E-state index contributed by atoms with van der Waals surface area (Å²) in [4.78, 5) is 17.1. The van der Waals surface area contributed by atoms with E-state index in [0.29, 0.717) is 6.54 Å². The molecule has 1 aliphatic heterocycles. The average Bonchev–Trinajstić information content (AvgIpc) is 3.25. The Morgan fingerprint density at radius 2 is 1.68 bits per heavy atom. The van der Waals surface area contributed by atoms with Crippen LogP contribution < -0.4 is 10.2 Å². The fourth-order valence-electron chi connectivity index (χ4n) is 3.53. The Morgan fingerprint density at radius 3 is 2.36 bits per heavy atom. The number of nitrogens with one attached hydrogen (secondary N) is 2. The number of hydrogen-bond acceptors (Lipinski definition) is 3. The van der Waals surface area contributed by atoms with Gasteiger partial charge in [-0.15, -0.1) is 0 Å². The third-order valence-electron chi connectivity index (χ3n) is 5.04. The number of imidazole rings is 1. The summed E-state index contributed by atoms with van der Waals surface area (Å²) < 4.78 is 0. The van der Waals surface area contributed by atoms with E-state index < -0.39 is 0 Å². The second kappa shape index (κ2) is 8.61. The van der Waals surface area contributed by atoms with Crippen molar-refractivity contribution in [3.05, 3.63) is 72.7 Å².